The summed E-state index contributed by atoms with van der Waals surface area (Å²) in [7, 11) is 1.44. The van der Waals surface area contributed by atoms with Crippen molar-refractivity contribution < 1.29 is 33.6 Å². The molecule has 0 radical (unpaired) electrons. The molecule has 39 heavy (non-hydrogen) atoms. The number of carbonyl (C=O) groups excluding carboxylic acids is 2. The maximum absolute atomic E-state index is 13.5. The highest BCUT2D eigenvalue weighted by Crippen LogP contribution is 2.41. The number of cyclic esters (lactones) is 1. The van der Waals surface area contributed by atoms with E-state index in [1.54, 1.807) is 56.3 Å². The zero-order valence-electron chi connectivity index (χ0n) is 23.1. The average molecular weight is 555 g/mol. The average Bonchev–Trinajstić information content (AvgIpc) is 2.87. The first-order valence-electron chi connectivity index (χ1n) is 13.0. The monoisotopic (exact) mass is 554 g/mol. The Hall–Kier alpha value is -3.29. The molecule has 1 aliphatic carbocycles. The third-order valence-electron chi connectivity index (χ3n) is 7.08. The van der Waals surface area contributed by atoms with Gasteiger partial charge < -0.3 is 24.1 Å². The van der Waals surface area contributed by atoms with Crippen LogP contribution in [0.4, 0.5) is 0 Å². The smallest absolute Gasteiger partial charge is 0.345 e. The van der Waals surface area contributed by atoms with Crippen LogP contribution >= 0.6 is 11.6 Å². The first-order valence-corrected chi connectivity index (χ1v) is 13.4. The van der Waals surface area contributed by atoms with Crippen molar-refractivity contribution in [1.29, 1.82) is 0 Å². The number of hydrogen-bond donors (Lipinski definition) is 1. The quantitative estimate of drug-likeness (QED) is 0.400. The number of esters is 2. The number of methoxy groups -OCH3 is 1. The van der Waals surface area contributed by atoms with Crippen LogP contribution in [0.2, 0.25) is 5.02 Å². The van der Waals surface area contributed by atoms with Crippen LogP contribution in [0.5, 0.6) is 11.5 Å². The number of allylic oxidation sites excluding steroid dienone is 2. The second-order valence-electron chi connectivity index (χ2n) is 11.0. The molecular formula is C31H35ClO7. The molecule has 8 heteroatoms. The van der Waals surface area contributed by atoms with Gasteiger partial charge in [-0.05, 0) is 69.0 Å². The summed E-state index contributed by atoms with van der Waals surface area (Å²) in [5.74, 6) is -0.479. The first kappa shape index (κ1) is 28.7. The van der Waals surface area contributed by atoms with Crippen molar-refractivity contribution in [2.45, 2.75) is 58.7 Å². The van der Waals surface area contributed by atoms with Crippen molar-refractivity contribution in [2.75, 3.05) is 13.7 Å². The minimum atomic E-state index is -0.966. The highest BCUT2D eigenvalue weighted by molar-refractivity contribution is 6.30. The Balaban J connectivity index is 1.69. The molecule has 0 aromatic heterocycles. The molecule has 0 spiro atoms. The summed E-state index contributed by atoms with van der Waals surface area (Å²) in [6.45, 7) is 9.47. The number of benzene rings is 2. The molecule has 1 heterocycles. The molecule has 1 aliphatic heterocycles. The van der Waals surface area contributed by atoms with E-state index in [1.807, 2.05) is 26.8 Å². The van der Waals surface area contributed by atoms with Crippen LogP contribution in [0.15, 0.2) is 59.9 Å². The molecule has 2 aromatic rings. The second-order valence-corrected chi connectivity index (χ2v) is 11.4. The van der Waals surface area contributed by atoms with Crippen LogP contribution in [0.3, 0.4) is 0 Å². The van der Waals surface area contributed by atoms with Crippen molar-refractivity contribution in [2.24, 2.45) is 11.8 Å². The zero-order valence-corrected chi connectivity index (χ0v) is 23.9. The summed E-state index contributed by atoms with van der Waals surface area (Å²) in [6, 6.07) is 10.4. The summed E-state index contributed by atoms with van der Waals surface area (Å²) in [5, 5.41) is 11.4. The second kappa shape index (κ2) is 11.4. The fourth-order valence-corrected chi connectivity index (χ4v) is 5.01. The molecule has 1 N–H and O–H groups in total. The van der Waals surface area contributed by atoms with E-state index >= 15 is 0 Å². The van der Waals surface area contributed by atoms with Crippen LogP contribution in [0, 0.1) is 11.8 Å². The van der Waals surface area contributed by atoms with Gasteiger partial charge in [-0.15, -0.1) is 0 Å². The molecule has 2 aromatic carbocycles. The highest BCUT2D eigenvalue weighted by atomic mass is 35.5. The number of aliphatic hydroxyl groups excluding tert-OH is 1. The molecule has 0 saturated heterocycles. The van der Waals surface area contributed by atoms with Crippen LogP contribution in [-0.4, -0.2) is 36.9 Å². The van der Waals surface area contributed by atoms with E-state index in [0.29, 0.717) is 22.8 Å². The minimum absolute atomic E-state index is 0.0116. The van der Waals surface area contributed by atoms with Crippen LogP contribution in [-0.2, 0) is 19.7 Å². The van der Waals surface area contributed by atoms with Gasteiger partial charge in [0.15, 0.2) is 6.10 Å². The Morgan fingerprint density at radius 1 is 1.18 bits per heavy atom. The third kappa shape index (κ3) is 5.99. The molecule has 0 fully saturated rings. The Kier molecular flexibility index (Phi) is 8.42. The maximum atomic E-state index is 13.5. The number of aliphatic hydroxyl groups is 1. The molecule has 4 rings (SSSR count). The van der Waals surface area contributed by atoms with Crippen LogP contribution in [0.25, 0.3) is 0 Å². The van der Waals surface area contributed by atoms with Gasteiger partial charge in [0, 0.05) is 10.6 Å². The standard InChI is InChI=1S/C31H35ClO7/c1-17(2)13-23(33)22-11-12-24-26(28(22)36-6)29(34)37-16-19-14-18(3)15-25(27(19)38-24)39-30(35)31(4,5)20-7-9-21(32)10-8-20/h7-12,14-15,17,19,23,27,33H,13,16H2,1-6H3/t19?,23-,27?/m0/s1. The van der Waals surface area contributed by atoms with Crippen LogP contribution < -0.4 is 9.47 Å². The van der Waals surface area contributed by atoms with Gasteiger partial charge in [-0.1, -0.05) is 49.2 Å². The number of fused-ring (bicyclic) bond motifs is 2. The molecule has 7 nitrogen and oxygen atoms in total. The van der Waals surface area contributed by atoms with Gasteiger partial charge in [-0.3, -0.25) is 4.79 Å². The predicted molar refractivity (Wildman–Crippen MR) is 148 cm³/mol. The lowest BCUT2D eigenvalue weighted by atomic mass is 9.84. The summed E-state index contributed by atoms with van der Waals surface area (Å²) < 4.78 is 23.7. The van der Waals surface area contributed by atoms with E-state index in [1.165, 1.54) is 7.11 Å². The Morgan fingerprint density at radius 3 is 2.51 bits per heavy atom. The molecular weight excluding hydrogens is 520 g/mol. The SMILES string of the molecule is COc1c([C@@H](O)CC(C)C)ccc2c1C(=O)OCC1C=C(C)C=C(OC(=O)C(C)(C)c3ccc(Cl)cc3)C1O2. The maximum Gasteiger partial charge on any atom is 0.345 e. The lowest BCUT2D eigenvalue weighted by molar-refractivity contribution is -0.147. The van der Waals surface area contributed by atoms with E-state index in [4.69, 9.17) is 30.5 Å². The molecule has 0 amide bonds. The molecule has 0 saturated carbocycles. The van der Waals surface area contributed by atoms with Gasteiger partial charge in [0.05, 0.1) is 24.5 Å². The third-order valence-corrected chi connectivity index (χ3v) is 7.33. The largest absolute Gasteiger partial charge is 0.495 e. The Labute approximate surface area is 234 Å². The van der Waals surface area contributed by atoms with Gasteiger partial charge in [-0.2, -0.15) is 0 Å². The molecule has 3 atom stereocenters. The van der Waals surface area contributed by atoms with Crippen LogP contribution in [0.1, 0.15) is 68.6 Å². The highest BCUT2D eigenvalue weighted by Gasteiger charge is 2.40. The van der Waals surface area contributed by atoms with Crippen molar-refractivity contribution in [3.8, 4) is 11.5 Å². The number of carbonyl (C=O) groups is 2. The van der Waals surface area contributed by atoms with Gasteiger partial charge >= 0.3 is 11.9 Å². The Morgan fingerprint density at radius 2 is 1.87 bits per heavy atom. The fourth-order valence-electron chi connectivity index (χ4n) is 4.89. The van der Waals surface area contributed by atoms with Crippen molar-refractivity contribution >= 4 is 23.5 Å². The van der Waals surface area contributed by atoms with Crippen molar-refractivity contribution in [1.82, 2.24) is 0 Å². The molecule has 208 valence electrons. The lowest BCUT2D eigenvalue weighted by Gasteiger charge is -2.34. The summed E-state index contributed by atoms with van der Waals surface area (Å²) in [6.07, 6.45) is 2.62. The van der Waals surface area contributed by atoms with E-state index in [-0.39, 0.29) is 35.5 Å². The van der Waals surface area contributed by atoms with E-state index in [0.717, 1.165) is 11.1 Å². The van der Waals surface area contributed by atoms with Gasteiger partial charge in [0.1, 0.15) is 29.4 Å². The van der Waals surface area contributed by atoms with Gasteiger partial charge in [-0.25, -0.2) is 4.79 Å². The molecule has 2 aliphatic rings. The van der Waals surface area contributed by atoms with E-state index in [2.05, 4.69) is 0 Å². The van der Waals surface area contributed by atoms with E-state index in [9.17, 15) is 14.7 Å². The normalized spacial score (nSPS) is 19.8. The molecule has 2 unspecified atom stereocenters. The lowest BCUT2D eigenvalue weighted by Crippen LogP contribution is -2.40. The number of ether oxygens (including phenoxy) is 4. The van der Waals surface area contributed by atoms with E-state index < -0.39 is 29.6 Å². The summed E-state index contributed by atoms with van der Waals surface area (Å²) in [5.41, 5.74) is 1.22. The summed E-state index contributed by atoms with van der Waals surface area (Å²) >= 11 is 6.03. The van der Waals surface area contributed by atoms with Gasteiger partial charge in [0.25, 0.3) is 0 Å². The first-order chi connectivity index (χ1) is 18.4. The topological polar surface area (TPSA) is 91.3 Å². The fraction of sp³-hybridized carbons (Fsp3) is 0.419. The van der Waals surface area contributed by atoms with Crippen molar-refractivity contribution in [3.05, 3.63) is 81.6 Å². The van der Waals surface area contributed by atoms with Gasteiger partial charge in [0.2, 0.25) is 0 Å². The van der Waals surface area contributed by atoms with Crippen molar-refractivity contribution in [3.63, 3.8) is 0 Å². The number of halogens is 1. The predicted octanol–water partition coefficient (Wildman–Crippen LogP) is 6.33. The number of rotatable bonds is 7. The Bertz CT molecular complexity index is 1310. The molecule has 0 bridgehead atoms. The minimum Gasteiger partial charge on any atom is -0.495 e. The summed E-state index contributed by atoms with van der Waals surface area (Å²) in [4.78, 5) is 26.6. The number of hydrogen-bond acceptors (Lipinski definition) is 7. The zero-order chi connectivity index (χ0) is 28.5.